The fourth-order valence-electron chi connectivity index (χ4n) is 1.48. The number of anilines is 1. The summed E-state index contributed by atoms with van der Waals surface area (Å²) in [6.07, 6.45) is 1.45. The molecule has 0 saturated heterocycles. The van der Waals surface area contributed by atoms with Crippen molar-refractivity contribution in [3.63, 3.8) is 0 Å². The molecule has 1 aromatic heterocycles. The SMILES string of the molecule is N#Cc1cc(N)cnc1-c1cc(Cl)c(Cl)cc1Cl. The Morgan fingerprint density at radius 2 is 1.72 bits per heavy atom. The maximum Gasteiger partial charge on any atom is 0.102 e. The van der Waals surface area contributed by atoms with Crippen LogP contribution in [0, 0.1) is 11.3 Å². The largest absolute Gasteiger partial charge is 0.397 e. The molecule has 0 aliphatic carbocycles. The van der Waals surface area contributed by atoms with E-state index in [1.807, 2.05) is 6.07 Å². The quantitative estimate of drug-likeness (QED) is 0.804. The molecule has 0 aliphatic heterocycles. The van der Waals surface area contributed by atoms with Gasteiger partial charge in [-0.25, -0.2) is 0 Å². The van der Waals surface area contributed by atoms with Gasteiger partial charge in [0.15, 0.2) is 0 Å². The first-order chi connectivity index (χ1) is 8.52. The summed E-state index contributed by atoms with van der Waals surface area (Å²) >= 11 is 17.9. The first-order valence-corrected chi connectivity index (χ1v) is 5.97. The van der Waals surface area contributed by atoms with E-state index in [2.05, 4.69) is 4.98 Å². The van der Waals surface area contributed by atoms with Gasteiger partial charge in [-0.3, -0.25) is 4.98 Å². The predicted molar refractivity (Wildman–Crippen MR) is 73.8 cm³/mol. The predicted octanol–water partition coefficient (Wildman–Crippen LogP) is 4.16. The molecule has 0 fully saturated rings. The van der Waals surface area contributed by atoms with Crippen molar-refractivity contribution in [2.24, 2.45) is 0 Å². The minimum absolute atomic E-state index is 0.329. The molecule has 0 spiro atoms. The second kappa shape index (κ2) is 5.03. The summed E-state index contributed by atoms with van der Waals surface area (Å²) in [4.78, 5) is 4.12. The van der Waals surface area contributed by atoms with E-state index < -0.39 is 0 Å². The van der Waals surface area contributed by atoms with Gasteiger partial charge in [0.25, 0.3) is 0 Å². The van der Waals surface area contributed by atoms with Gasteiger partial charge < -0.3 is 5.73 Å². The van der Waals surface area contributed by atoms with E-state index >= 15 is 0 Å². The van der Waals surface area contributed by atoms with Crippen LogP contribution in [0.2, 0.25) is 15.1 Å². The molecule has 0 radical (unpaired) electrons. The zero-order valence-corrected chi connectivity index (χ0v) is 11.2. The molecule has 90 valence electrons. The second-order valence-corrected chi connectivity index (χ2v) is 4.74. The van der Waals surface area contributed by atoms with Crippen LogP contribution in [0.3, 0.4) is 0 Å². The van der Waals surface area contributed by atoms with E-state index in [1.54, 1.807) is 6.07 Å². The summed E-state index contributed by atoms with van der Waals surface area (Å²) in [5, 5.41) is 10.1. The van der Waals surface area contributed by atoms with E-state index in [4.69, 9.17) is 45.8 Å². The summed E-state index contributed by atoms with van der Waals surface area (Å²) in [5.41, 5.74) is 7.29. The standard InChI is InChI=1S/C12H6Cl3N3/c13-9-3-11(15)10(14)2-8(9)12-6(4-16)1-7(17)5-18-12/h1-3,5H,17H2. The zero-order chi connectivity index (χ0) is 13.3. The van der Waals surface area contributed by atoms with E-state index in [9.17, 15) is 0 Å². The van der Waals surface area contributed by atoms with Crippen LogP contribution >= 0.6 is 34.8 Å². The number of rotatable bonds is 1. The van der Waals surface area contributed by atoms with Gasteiger partial charge in [0.05, 0.1) is 38.2 Å². The zero-order valence-electron chi connectivity index (χ0n) is 8.92. The highest BCUT2D eigenvalue weighted by Crippen LogP contribution is 2.35. The molecule has 3 nitrogen and oxygen atoms in total. The first kappa shape index (κ1) is 13.0. The van der Waals surface area contributed by atoms with E-state index in [1.165, 1.54) is 18.3 Å². The van der Waals surface area contributed by atoms with Crippen molar-refractivity contribution >= 4 is 40.5 Å². The average Bonchev–Trinajstić information content (AvgIpc) is 2.34. The fraction of sp³-hybridized carbons (Fsp3) is 0. The number of nitrogens with zero attached hydrogens (tertiary/aromatic N) is 2. The minimum atomic E-state index is 0.329. The molecule has 0 bridgehead atoms. The van der Waals surface area contributed by atoms with Crippen molar-refractivity contribution in [3.8, 4) is 17.3 Å². The first-order valence-electron chi connectivity index (χ1n) is 4.83. The van der Waals surface area contributed by atoms with Crippen molar-refractivity contribution in [3.05, 3.63) is 45.0 Å². The average molecular weight is 299 g/mol. The third kappa shape index (κ3) is 2.37. The third-order valence-electron chi connectivity index (χ3n) is 2.29. The van der Waals surface area contributed by atoms with Gasteiger partial charge in [-0.2, -0.15) is 5.26 Å². The van der Waals surface area contributed by atoms with Gasteiger partial charge >= 0.3 is 0 Å². The van der Waals surface area contributed by atoms with Crippen LogP contribution in [0.25, 0.3) is 11.3 Å². The van der Waals surface area contributed by atoms with Crippen LogP contribution in [0.15, 0.2) is 24.4 Å². The fourth-order valence-corrected chi connectivity index (χ4v) is 2.12. The van der Waals surface area contributed by atoms with Gasteiger partial charge in [0.2, 0.25) is 0 Å². The molecule has 0 atom stereocenters. The lowest BCUT2D eigenvalue weighted by Gasteiger charge is -2.08. The van der Waals surface area contributed by atoms with Gasteiger partial charge in [-0.1, -0.05) is 34.8 Å². The molecule has 1 aromatic carbocycles. The maximum absolute atomic E-state index is 9.07. The summed E-state index contributed by atoms with van der Waals surface area (Å²) < 4.78 is 0. The Morgan fingerprint density at radius 1 is 1.06 bits per heavy atom. The van der Waals surface area contributed by atoms with Gasteiger partial charge in [-0.05, 0) is 18.2 Å². The Kier molecular flexibility index (Phi) is 3.63. The number of halogens is 3. The summed E-state index contributed by atoms with van der Waals surface area (Å²) in [7, 11) is 0. The highest BCUT2D eigenvalue weighted by molar-refractivity contribution is 6.44. The molecule has 2 N–H and O–H groups in total. The maximum atomic E-state index is 9.07. The molecule has 2 rings (SSSR count). The van der Waals surface area contributed by atoms with Crippen LogP contribution in [-0.4, -0.2) is 4.98 Å². The second-order valence-electron chi connectivity index (χ2n) is 3.52. The topological polar surface area (TPSA) is 62.7 Å². The van der Waals surface area contributed by atoms with Crippen LogP contribution in [-0.2, 0) is 0 Å². The van der Waals surface area contributed by atoms with Crippen molar-refractivity contribution in [1.29, 1.82) is 5.26 Å². The molecule has 2 aromatic rings. The van der Waals surface area contributed by atoms with E-state index in [0.29, 0.717) is 37.6 Å². The van der Waals surface area contributed by atoms with Crippen molar-refractivity contribution < 1.29 is 0 Å². The Morgan fingerprint density at radius 3 is 2.39 bits per heavy atom. The normalized spacial score (nSPS) is 10.1. The number of nitrogen functional groups attached to an aromatic ring is 1. The van der Waals surface area contributed by atoms with Crippen LogP contribution < -0.4 is 5.73 Å². The Bertz CT molecular complexity index is 662. The lowest BCUT2D eigenvalue weighted by molar-refractivity contribution is 1.30. The lowest BCUT2D eigenvalue weighted by atomic mass is 10.1. The third-order valence-corrected chi connectivity index (χ3v) is 3.33. The highest BCUT2D eigenvalue weighted by atomic mass is 35.5. The molecule has 18 heavy (non-hydrogen) atoms. The van der Waals surface area contributed by atoms with Crippen LogP contribution in [0.4, 0.5) is 5.69 Å². The van der Waals surface area contributed by atoms with Crippen LogP contribution in [0.1, 0.15) is 5.56 Å². The number of hydrogen-bond acceptors (Lipinski definition) is 3. The lowest BCUT2D eigenvalue weighted by Crippen LogP contribution is -1.94. The smallest absolute Gasteiger partial charge is 0.102 e. The molecule has 0 saturated carbocycles. The van der Waals surface area contributed by atoms with Crippen molar-refractivity contribution in [2.45, 2.75) is 0 Å². The number of nitriles is 1. The van der Waals surface area contributed by atoms with E-state index in [-0.39, 0.29) is 0 Å². The van der Waals surface area contributed by atoms with Crippen molar-refractivity contribution in [1.82, 2.24) is 4.98 Å². The molecular weight excluding hydrogens is 293 g/mol. The molecule has 0 unspecified atom stereocenters. The molecular formula is C12H6Cl3N3. The number of aromatic nitrogens is 1. The molecule has 0 amide bonds. The summed E-state index contributed by atoms with van der Waals surface area (Å²) in [6, 6.07) is 6.64. The molecule has 6 heteroatoms. The molecule has 1 heterocycles. The summed E-state index contributed by atoms with van der Waals surface area (Å²) in [6.45, 7) is 0. The van der Waals surface area contributed by atoms with Gasteiger partial charge in [-0.15, -0.1) is 0 Å². The van der Waals surface area contributed by atoms with Crippen molar-refractivity contribution in [2.75, 3.05) is 5.73 Å². The van der Waals surface area contributed by atoms with Gasteiger partial charge in [0, 0.05) is 5.56 Å². The summed E-state index contributed by atoms with van der Waals surface area (Å²) in [5.74, 6) is 0. The minimum Gasteiger partial charge on any atom is -0.397 e. The number of nitrogens with two attached hydrogens (primary N) is 1. The van der Waals surface area contributed by atoms with E-state index in [0.717, 1.165) is 0 Å². The number of benzene rings is 1. The Hall–Kier alpha value is -1.47. The Labute approximate surface area is 119 Å². The van der Waals surface area contributed by atoms with Crippen LogP contribution in [0.5, 0.6) is 0 Å². The number of pyridine rings is 1. The number of hydrogen-bond donors (Lipinski definition) is 1. The highest BCUT2D eigenvalue weighted by Gasteiger charge is 2.13. The monoisotopic (exact) mass is 297 g/mol. The molecule has 0 aliphatic rings. The van der Waals surface area contributed by atoms with Gasteiger partial charge in [0.1, 0.15) is 6.07 Å². The Balaban J connectivity index is 2.70.